The van der Waals surface area contributed by atoms with E-state index in [0.29, 0.717) is 26.2 Å². The molecule has 5 nitrogen and oxygen atoms in total. The van der Waals surface area contributed by atoms with E-state index in [9.17, 15) is 18.7 Å². The van der Waals surface area contributed by atoms with Crippen molar-refractivity contribution < 1.29 is 23.8 Å². The maximum absolute atomic E-state index is 13.6. The van der Waals surface area contributed by atoms with Crippen molar-refractivity contribution in [3.05, 3.63) is 35.4 Å². The van der Waals surface area contributed by atoms with Crippen LogP contribution >= 0.6 is 0 Å². The van der Waals surface area contributed by atoms with E-state index in [1.54, 1.807) is 0 Å². The Balaban J connectivity index is 1.93. The summed E-state index contributed by atoms with van der Waals surface area (Å²) in [6, 6.07) is 3.47. The molecule has 1 saturated heterocycles. The summed E-state index contributed by atoms with van der Waals surface area (Å²) in [7, 11) is 0. The lowest BCUT2D eigenvalue weighted by Gasteiger charge is -2.35. The summed E-state index contributed by atoms with van der Waals surface area (Å²) in [6.07, 6.45) is -1.26. The minimum Gasteiger partial charge on any atom is -0.387 e. The highest BCUT2D eigenvalue weighted by Crippen LogP contribution is 2.22. The van der Waals surface area contributed by atoms with Crippen LogP contribution in [0.25, 0.3) is 0 Å². The average molecular weight is 300 g/mol. The van der Waals surface area contributed by atoms with Gasteiger partial charge in [-0.2, -0.15) is 0 Å². The molecule has 1 aromatic carbocycles. The Morgan fingerprint density at radius 1 is 1.19 bits per heavy atom. The van der Waals surface area contributed by atoms with Gasteiger partial charge >= 0.3 is 0 Å². The van der Waals surface area contributed by atoms with Gasteiger partial charge in [0.25, 0.3) is 0 Å². The molecule has 0 bridgehead atoms. The number of piperazine rings is 1. The fraction of sp³-hybridized carbons (Fsp3) is 0.500. The second-order valence-electron chi connectivity index (χ2n) is 4.99. The molecular weight excluding hydrogens is 282 g/mol. The highest BCUT2D eigenvalue weighted by atomic mass is 19.1. The first-order chi connectivity index (χ1) is 10.0. The smallest absolute Gasteiger partial charge is 0.248 e. The van der Waals surface area contributed by atoms with Crippen LogP contribution in [0, 0.1) is 11.6 Å². The number of amides is 1. The van der Waals surface area contributed by atoms with E-state index in [1.165, 1.54) is 11.0 Å². The van der Waals surface area contributed by atoms with Gasteiger partial charge in [0, 0.05) is 32.7 Å². The van der Waals surface area contributed by atoms with Crippen molar-refractivity contribution in [2.75, 3.05) is 39.3 Å². The minimum atomic E-state index is -1.26. The van der Waals surface area contributed by atoms with Crippen molar-refractivity contribution in [1.29, 1.82) is 0 Å². The van der Waals surface area contributed by atoms with E-state index in [2.05, 4.69) is 0 Å². The molecule has 1 unspecified atom stereocenters. The second kappa shape index (κ2) is 6.93. The number of β-amino-alcohol motifs (C(OH)–C–C–N with tert-alkyl or cyclic N) is 1. The van der Waals surface area contributed by atoms with Crippen LogP contribution in [-0.4, -0.2) is 65.3 Å². The van der Waals surface area contributed by atoms with Gasteiger partial charge in [0.15, 0.2) is 0 Å². The van der Waals surface area contributed by atoms with Crippen LogP contribution in [0.5, 0.6) is 0 Å². The fourth-order valence-electron chi connectivity index (χ4n) is 2.44. The number of hydrogen-bond donors (Lipinski definition) is 2. The first kappa shape index (κ1) is 15.8. The van der Waals surface area contributed by atoms with Crippen molar-refractivity contribution in [1.82, 2.24) is 9.80 Å². The van der Waals surface area contributed by atoms with E-state index in [0.717, 1.165) is 12.1 Å². The molecule has 1 fully saturated rings. The van der Waals surface area contributed by atoms with Gasteiger partial charge in [-0.3, -0.25) is 9.69 Å². The molecule has 1 aromatic rings. The zero-order chi connectivity index (χ0) is 15.4. The predicted molar refractivity (Wildman–Crippen MR) is 71.4 cm³/mol. The van der Waals surface area contributed by atoms with Gasteiger partial charge in [0.1, 0.15) is 18.2 Å². The zero-order valence-electron chi connectivity index (χ0n) is 11.5. The summed E-state index contributed by atoms with van der Waals surface area (Å²) in [5.41, 5.74) is -0.327. The monoisotopic (exact) mass is 300 g/mol. The molecule has 116 valence electrons. The van der Waals surface area contributed by atoms with Crippen LogP contribution in [-0.2, 0) is 4.79 Å². The Morgan fingerprint density at radius 2 is 1.76 bits per heavy atom. The molecular formula is C14H18F2N2O3. The molecule has 7 heteroatoms. The van der Waals surface area contributed by atoms with Crippen molar-refractivity contribution in [3.63, 3.8) is 0 Å². The molecule has 0 saturated carbocycles. The number of rotatable bonds is 4. The van der Waals surface area contributed by atoms with E-state index >= 15 is 0 Å². The summed E-state index contributed by atoms with van der Waals surface area (Å²) < 4.78 is 27.1. The maximum atomic E-state index is 13.6. The Bertz CT molecular complexity index is 485. The highest BCUT2D eigenvalue weighted by Gasteiger charge is 2.24. The van der Waals surface area contributed by atoms with Gasteiger partial charge in [0.2, 0.25) is 5.91 Å². The summed E-state index contributed by atoms with van der Waals surface area (Å²) in [5.74, 6) is -1.87. The van der Waals surface area contributed by atoms with Crippen molar-refractivity contribution in [3.8, 4) is 0 Å². The number of benzene rings is 1. The SMILES string of the molecule is O=C(CO)N1CCN(CC(O)c2c(F)cccc2F)CC1. The number of aliphatic hydroxyl groups excluding tert-OH is 2. The Morgan fingerprint density at radius 3 is 2.29 bits per heavy atom. The second-order valence-corrected chi connectivity index (χ2v) is 4.99. The summed E-state index contributed by atoms with van der Waals surface area (Å²) in [5, 5.41) is 18.8. The number of hydrogen-bond acceptors (Lipinski definition) is 4. The largest absolute Gasteiger partial charge is 0.387 e. The van der Waals surface area contributed by atoms with Gasteiger partial charge in [-0.1, -0.05) is 6.07 Å². The minimum absolute atomic E-state index is 0.0962. The van der Waals surface area contributed by atoms with E-state index in [-0.39, 0.29) is 18.0 Å². The van der Waals surface area contributed by atoms with Crippen LogP contribution in [0.1, 0.15) is 11.7 Å². The van der Waals surface area contributed by atoms with Crippen LogP contribution in [0.4, 0.5) is 8.78 Å². The third kappa shape index (κ3) is 3.75. The molecule has 21 heavy (non-hydrogen) atoms. The molecule has 2 rings (SSSR count). The number of aliphatic hydroxyl groups is 2. The molecule has 1 aliphatic heterocycles. The lowest BCUT2D eigenvalue weighted by molar-refractivity contribution is -0.136. The summed E-state index contributed by atoms with van der Waals surface area (Å²) >= 11 is 0. The van der Waals surface area contributed by atoms with Crippen LogP contribution in [0.15, 0.2) is 18.2 Å². The normalized spacial score (nSPS) is 17.8. The number of carbonyl (C=O) groups excluding carboxylic acids is 1. The Hall–Kier alpha value is -1.57. The fourth-order valence-corrected chi connectivity index (χ4v) is 2.44. The van der Waals surface area contributed by atoms with Crippen LogP contribution in [0.3, 0.4) is 0 Å². The van der Waals surface area contributed by atoms with Gasteiger partial charge in [-0.15, -0.1) is 0 Å². The first-order valence-electron chi connectivity index (χ1n) is 6.76. The van der Waals surface area contributed by atoms with Crippen LogP contribution in [0.2, 0.25) is 0 Å². The number of nitrogens with zero attached hydrogens (tertiary/aromatic N) is 2. The van der Waals surface area contributed by atoms with E-state index < -0.39 is 24.3 Å². The zero-order valence-corrected chi connectivity index (χ0v) is 11.5. The first-order valence-corrected chi connectivity index (χ1v) is 6.76. The quantitative estimate of drug-likeness (QED) is 0.830. The van der Waals surface area contributed by atoms with Gasteiger partial charge < -0.3 is 15.1 Å². The van der Waals surface area contributed by atoms with Crippen molar-refractivity contribution in [2.24, 2.45) is 0 Å². The molecule has 0 aliphatic carbocycles. The molecule has 1 heterocycles. The van der Waals surface area contributed by atoms with E-state index in [4.69, 9.17) is 5.11 Å². The average Bonchev–Trinajstić information content (AvgIpc) is 2.47. The summed E-state index contributed by atoms with van der Waals surface area (Å²) in [4.78, 5) is 14.7. The number of halogens is 2. The third-order valence-corrected chi connectivity index (χ3v) is 3.62. The lowest BCUT2D eigenvalue weighted by Crippen LogP contribution is -2.50. The molecule has 1 aliphatic rings. The predicted octanol–water partition coefficient (Wildman–Crippen LogP) is 0.135. The Kier molecular flexibility index (Phi) is 5.22. The lowest BCUT2D eigenvalue weighted by atomic mass is 10.1. The topological polar surface area (TPSA) is 64.0 Å². The van der Waals surface area contributed by atoms with Crippen LogP contribution < -0.4 is 0 Å². The van der Waals surface area contributed by atoms with Crippen molar-refractivity contribution in [2.45, 2.75) is 6.10 Å². The molecule has 0 radical (unpaired) electrons. The molecule has 2 N–H and O–H groups in total. The van der Waals surface area contributed by atoms with Gasteiger partial charge in [0.05, 0.1) is 11.7 Å². The molecule has 1 atom stereocenters. The van der Waals surface area contributed by atoms with E-state index in [1.807, 2.05) is 4.90 Å². The van der Waals surface area contributed by atoms with Gasteiger partial charge in [-0.25, -0.2) is 8.78 Å². The molecule has 0 spiro atoms. The third-order valence-electron chi connectivity index (χ3n) is 3.62. The van der Waals surface area contributed by atoms with Gasteiger partial charge in [-0.05, 0) is 12.1 Å². The maximum Gasteiger partial charge on any atom is 0.248 e. The highest BCUT2D eigenvalue weighted by molar-refractivity contribution is 5.77. The molecule has 0 aromatic heterocycles. The number of carbonyl (C=O) groups is 1. The van der Waals surface area contributed by atoms with Crippen molar-refractivity contribution >= 4 is 5.91 Å². The Labute approximate surface area is 121 Å². The standard InChI is InChI=1S/C14H18F2N2O3/c15-10-2-1-3-11(16)14(10)12(20)8-17-4-6-18(7-5-17)13(21)9-19/h1-3,12,19-20H,4-9H2. The molecule has 1 amide bonds. The summed E-state index contributed by atoms with van der Waals surface area (Å²) in [6.45, 7) is 1.39.